The van der Waals surface area contributed by atoms with Gasteiger partial charge in [0.25, 0.3) is 0 Å². The van der Waals surface area contributed by atoms with Crippen molar-refractivity contribution in [3.8, 4) is 0 Å². The van der Waals surface area contributed by atoms with E-state index < -0.39 is 6.17 Å². The molecule has 0 amide bonds. The van der Waals surface area contributed by atoms with Gasteiger partial charge in [-0.3, -0.25) is 0 Å². The quantitative estimate of drug-likeness (QED) is 0.529. The minimum atomic E-state index is -0.735. The highest BCUT2D eigenvalue weighted by molar-refractivity contribution is 4.80. The van der Waals surface area contributed by atoms with Gasteiger partial charge in [0, 0.05) is 6.04 Å². The first kappa shape index (κ1) is 7.00. The average molecular weight is 131 g/mol. The van der Waals surface area contributed by atoms with Crippen molar-refractivity contribution in [3.05, 3.63) is 0 Å². The lowest BCUT2D eigenvalue weighted by Crippen LogP contribution is -2.37. The topological polar surface area (TPSA) is 26.0 Å². The third-order valence-corrected chi connectivity index (χ3v) is 2.07. The maximum Gasteiger partial charge on any atom is 0.115 e. The highest BCUT2D eigenvalue weighted by Crippen LogP contribution is 2.24. The van der Waals surface area contributed by atoms with E-state index in [1.165, 1.54) is 0 Å². The number of halogens is 1. The Morgan fingerprint density at radius 1 is 1.44 bits per heavy atom. The predicted octanol–water partition coefficient (Wildman–Crippen LogP) is 1.47. The molecule has 0 aromatic carbocycles. The fourth-order valence-electron chi connectivity index (χ4n) is 1.39. The van der Waals surface area contributed by atoms with Crippen LogP contribution in [0.2, 0.25) is 0 Å². The molecule has 1 rings (SSSR count). The molecule has 0 radical (unpaired) electrons. The molecule has 0 aromatic heterocycles. The zero-order valence-electron chi connectivity index (χ0n) is 5.81. The summed E-state index contributed by atoms with van der Waals surface area (Å²) >= 11 is 0. The minimum absolute atomic E-state index is 0.186. The van der Waals surface area contributed by atoms with Gasteiger partial charge in [0.2, 0.25) is 0 Å². The highest BCUT2D eigenvalue weighted by atomic mass is 19.1. The molecule has 2 N–H and O–H groups in total. The van der Waals surface area contributed by atoms with Crippen LogP contribution in [0, 0.1) is 5.92 Å². The summed E-state index contributed by atoms with van der Waals surface area (Å²) in [6, 6.07) is -0.186. The van der Waals surface area contributed by atoms with Crippen LogP contribution in [-0.4, -0.2) is 12.2 Å². The summed E-state index contributed by atoms with van der Waals surface area (Å²) in [6.07, 6.45) is 1.81. The molecule has 1 aliphatic rings. The molecular formula is C7H14FN. The van der Waals surface area contributed by atoms with E-state index in [0.717, 1.165) is 12.8 Å². The smallest absolute Gasteiger partial charge is 0.115 e. The van der Waals surface area contributed by atoms with Crippen LogP contribution >= 0.6 is 0 Å². The third-order valence-electron chi connectivity index (χ3n) is 2.07. The van der Waals surface area contributed by atoms with Crippen LogP contribution in [0.5, 0.6) is 0 Å². The normalized spacial score (nSPS) is 45.0. The molecule has 0 heterocycles. The molecule has 9 heavy (non-hydrogen) atoms. The summed E-state index contributed by atoms with van der Waals surface area (Å²) in [5.74, 6) is 0.631. The number of hydrogen-bond donors (Lipinski definition) is 1. The molecule has 0 aliphatic heterocycles. The van der Waals surface area contributed by atoms with Crippen molar-refractivity contribution in [1.82, 2.24) is 0 Å². The number of hydrogen-bond acceptors (Lipinski definition) is 1. The molecule has 1 fully saturated rings. The van der Waals surface area contributed by atoms with Crippen molar-refractivity contribution in [3.63, 3.8) is 0 Å². The Labute approximate surface area is 55.4 Å². The van der Waals surface area contributed by atoms with Crippen molar-refractivity contribution < 1.29 is 4.39 Å². The molecule has 1 saturated carbocycles. The van der Waals surface area contributed by atoms with Crippen LogP contribution in [-0.2, 0) is 0 Å². The summed E-state index contributed by atoms with van der Waals surface area (Å²) < 4.78 is 12.6. The summed E-state index contributed by atoms with van der Waals surface area (Å²) in [6.45, 7) is 2.13. The fraction of sp³-hybridized carbons (Fsp3) is 1.00. The number of nitrogens with two attached hydrogens (primary N) is 1. The van der Waals surface area contributed by atoms with Gasteiger partial charge in [-0.25, -0.2) is 4.39 Å². The second kappa shape index (κ2) is 2.65. The molecular weight excluding hydrogens is 117 g/mol. The van der Waals surface area contributed by atoms with Gasteiger partial charge < -0.3 is 5.73 Å². The van der Waals surface area contributed by atoms with Crippen LogP contribution in [0.25, 0.3) is 0 Å². The van der Waals surface area contributed by atoms with Crippen molar-refractivity contribution >= 4 is 0 Å². The van der Waals surface area contributed by atoms with Crippen molar-refractivity contribution in [1.29, 1.82) is 0 Å². The van der Waals surface area contributed by atoms with E-state index >= 15 is 0 Å². The molecule has 54 valence electrons. The first-order valence-corrected chi connectivity index (χ1v) is 3.60. The molecule has 3 unspecified atom stereocenters. The summed E-state index contributed by atoms with van der Waals surface area (Å²) in [5.41, 5.74) is 5.49. The Bertz CT molecular complexity index is 94.9. The summed E-state index contributed by atoms with van der Waals surface area (Å²) in [7, 11) is 0. The Hall–Kier alpha value is -0.110. The van der Waals surface area contributed by atoms with Gasteiger partial charge in [0.15, 0.2) is 0 Å². The van der Waals surface area contributed by atoms with Gasteiger partial charge in [-0.1, -0.05) is 6.92 Å². The van der Waals surface area contributed by atoms with E-state index in [-0.39, 0.29) is 6.04 Å². The largest absolute Gasteiger partial charge is 0.325 e. The zero-order valence-corrected chi connectivity index (χ0v) is 5.81. The standard InChI is InChI=1S/C7H14FN/c1-5-2-3-6(8)7(9)4-5/h5-7H,2-4,9H2,1H3. The Morgan fingerprint density at radius 2 is 2.11 bits per heavy atom. The van der Waals surface area contributed by atoms with E-state index in [0.29, 0.717) is 12.3 Å². The number of alkyl halides is 1. The first-order valence-electron chi connectivity index (χ1n) is 3.60. The molecule has 0 spiro atoms. The van der Waals surface area contributed by atoms with Gasteiger partial charge >= 0.3 is 0 Å². The lowest BCUT2D eigenvalue weighted by atomic mass is 9.86. The zero-order chi connectivity index (χ0) is 6.85. The van der Waals surface area contributed by atoms with Crippen molar-refractivity contribution in [2.24, 2.45) is 11.7 Å². The van der Waals surface area contributed by atoms with E-state index in [1.54, 1.807) is 0 Å². The van der Waals surface area contributed by atoms with Crippen LogP contribution < -0.4 is 5.73 Å². The van der Waals surface area contributed by atoms with Crippen LogP contribution in [0.4, 0.5) is 4.39 Å². The second-order valence-corrected chi connectivity index (χ2v) is 3.10. The highest BCUT2D eigenvalue weighted by Gasteiger charge is 2.24. The van der Waals surface area contributed by atoms with E-state index in [2.05, 4.69) is 6.92 Å². The molecule has 0 bridgehead atoms. The van der Waals surface area contributed by atoms with Crippen molar-refractivity contribution in [2.45, 2.75) is 38.4 Å². The van der Waals surface area contributed by atoms with Crippen LogP contribution in [0.15, 0.2) is 0 Å². The SMILES string of the molecule is CC1CCC(F)C(N)C1. The van der Waals surface area contributed by atoms with Crippen molar-refractivity contribution in [2.75, 3.05) is 0 Å². The van der Waals surface area contributed by atoms with Gasteiger partial charge in [0.05, 0.1) is 0 Å². The molecule has 0 saturated heterocycles. The second-order valence-electron chi connectivity index (χ2n) is 3.10. The predicted molar refractivity (Wildman–Crippen MR) is 35.9 cm³/mol. The average Bonchev–Trinajstić information content (AvgIpc) is 1.80. The minimum Gasteiger partial charge on any atom is -0.325 e. The Morgan fingerprint density at radius 3 is 2.56 bits per heavy atom. The van der Waals surface area contributed by atoms with E-state index in [9.17, 15) is 4.39 Å². The van der Waals surface area contributed by atoms with Gasteiger partial charge in [-0.2, -0.15) is 0 Å². The lowest BCUT2D eigenvalue weighted by Gasteiger charge is -2.26. The number of rotatable bonds is 0. The van der Waals surface area contributed by atoms with Crippen LogP contribution in [0.3, 0.4) is 0 Å². The molecule has 0 aromatic rings. The fourth-order valence-corrected chi connectivity index (χ4v) is 1.39. The van der Waals surface area contributed by atoms with E-state index in [1.807, 2.05) is 0 Å². The Kier molecular flexibility index (Phi) is 2.06. The van der Waals surface area contributed by atoms with Crippen LogP contribution in [0.1, 0.15) is 26.2 Å². The maximum atomic E-state index is 12.6. The molecule has 1 aliphatic carbocycles. The molecule has 2 heteroatoms. The summed E-state index contributed by atoms with van der Waals surface area (Å²) in [5, 5.41) is 0. The molecule has 1 nitrogen and oxygen atoms in total. The first-order chi connectivity index (χ1) is 4.20. The Balaban J connectivity index is 2.35. The summed E-state index contributed by atoms with van der Waals surface area (Å²) in [4.78, 5) is 0. The van der Waals surface area contributed by atoms with Gasteiger partial charge in [-0.15, -0.1) is 0 Å². The maximum absolute atomic E-state index is 12.6. The van der Waals surface area contributed by atoms with Gasteiger partial charge in [-0.05, 0) is 25.2 Å². The van der Waals surface area contributed by atoms with Gasteiger partial charge in [0.1, 0.15) is 6.17 Å². The van der Waals surface area contributed by atoms with E-state index in [4.69, 9.17) is 5.73 Å². The monoisotopic (exact) mass is 131 g/mol. The third kappa shape index (κ3) is 1.65. The lowest BCUT2D eigenvalue weighted by molar-refractivity contribution is 0.184. The molecule has 3 atom stereocenters.